The molecule has 2 aliphatic carbocycles. The van der Waals surface area contributed by atoms with Crippen molar-refractivity contribution in [1.82, 2.24) is 4.90 Å². The van der Waals surface area contributed by atoms with E-state index in [1.165, 1.54) is 7.11 Å². The van der Waals surface area contributed by atoms with Crippen molar-refractivity contribution >= 4 is 11.8 Å². The van der Waals surface area contributed by atoms with E-state index in [4.69, 9.17) is 33.7 Å². The zero-order chi connectivity index (χ0) is 41.6. The van der Waals surface area contributed by atoms with Crippen molar-refractivity contribution in [2.24, 2.45) is 22.9 Å². The van der Waals surface area contributed by atoms with Gasteiger partial charge in [0.05, 0.1) is 45.2 Å². The summed E-state index contributed by atoms with van der Waals surface area (Å²) in [4.78, 5) is 21.2. The van der Waals surface area contributed by atoms with Crippen molar-refractivity contribution in [3.05, 3.63) is 103 Å². The molecular weight excluding hydrogens is 753 g/mol. The Hall–Kier alpha value is -4.72. The molecule has 12 nitrogen and oxygen atoms in total. The maximum Gasteiger partial charge on any atom is 0.410 e. The third-order valence-electron chi connectivity index (χ3n) is 11.6. The summed E-state index contributed by atoms with van der Waals surface area (Å²) in [5, 5.41) is 33.9. The Morgan fingerprint density at radius 1 is 0.932 bits per heavy atom. The van der Waals surface area contributed by atoms with Gasteiger partial charge in [-0.05, 0) is 91.5 Å². The van der Waals surface area contributed by atoms with Crippen LogP contribution in [0.4, 0.5) is 4.79 Å². The molecule has 12 heteroatoms. The number of hydrogen-bond acceptors (Lipinski definition) is 11. The Kier molecular flexibility index (Phi) is 16.0. The predicted octanol–water partition coefficient (Wildman–Crippen LogP) is 7.88. The van der Waals surface area contributed by atoms with Crippen molar-refractivity contribution < 1.29 is 48.6 Å². The lowest BCUT2D eigenvalue weighted by molar-refractivity contribution is -0.255. The second-order valence-corrected chi connectivity index (χ2v) is 15.2. The van der Waals surface area contributed by atoms with E-state index in [-0.39, 0.29) is 70.4 Å². The van der Waals surface area contributed by atoms with Gasteiger partial charge in [0.15, 0.2) is 0 Å². The van der Waals surface area contributed by atoms with Gasteiger partial charge in [0.1, 0.15) is 29.9 Å². The molecular formula is C47H60N2O10. The Balaban J connectivity index is 1.52. The fourth-order valence-electron chi connectivity index (χ4n) is 9.16. The highest BCUT2D eigenvalue weighted by Gasteiger charge is 2.65. The number of hydrogen-bond donors (Lipinski definition) is 3. The summed E-state index contributed by atoms with van der Waals surface area (Å²) >= 11 is 0. The molecule has 318 valence electrons. The van der Waals surface area contributed by atoms with E-state index in [0.717, 1.165) is 47.9 Å². The number of nitrogens with zero attached hydrogens (tertiary/aromatic N) is 2. The van der Waals surface area contributed by atoms with E-state index in [9.17, 15) is 20.1 Å². The molecule has 1 amide bonds. The highest BCUT2D eigenvalue weighted by atomic mass is 16.7. The van der Waals surface area contributed by atoms with Crippen molar-refractivity contribution in [3.63, 3.8) is 0 Å². The number of aliphatic hydroxyl groups is 3. The summed E-state index contributed by atoms with van der Waals surface area (Å²) in [7, 11) is 1.34. The van der Waals surface area contributed by atoms with E-state index in [2.05, 4.69) is 30.9 Å². The molecule has 6 atom stereocenters. The number of benzene rings is 3. The number of unbranched alkanes of at least 4 members (excludes halogenated alkanes) is 2. The topological polar surface area (TPSA) is 149 Å². The molecule has 1 aliphatic heterocycles. The molecule has 1 fully saturated rings. The number of amides is 1. The zero-order valence-electron chi connectivity index (χ0n) is 34.4. The lowest BCUT2D eigenvalue weighted by Gasteiger charge is -2.59. The van der Waals surface area contributed by atoms with Crippen molar-refractivity contribution in [2.45, 2.75) is 69.6 Å². The van der Waals surface area contributed by atoms with E-state index in [1.807, 2.05) is 61.5 Å². The average Bonchev–Trinajstić information content (AvgIpc) is 3.26. The highest BCUT2D eigenvalue weighted by Crippen LogP contribution is 2.62. The number of carbonyl (C=O) groups is 1. The number of methoxy groups -OCH3 is 1. The minimum Gasteiger partial charge on any atom is -0.459 e. The summed E-state index contributed by atoms with van der Waals surface area (Å²) in [5.74, 6) is -0.0456. The molecule has 1 saturated carbocycles. The monoisotopic (exact) mass is 812 g/mol. The molecule has 59 heavy (non-hydrogen) atoms. The first-order valence-corrected chi connectivity index (χ1v) is 21.0. The lowest BCUT2D eigenvalue weighted by atomic mass is 9.55. The largest absolute Gasteiger partial charge is 0.459 e. The van der Waals surface area contributed by atoms with Gasteiger partial charge in [-0.2, -0.15) is 0 Å². The minimum atomic E-state index is -1.44. The average molecular weight is 813 g/mol. The third-order valence-corrected chi connectivity index (χ3v) is 11.6. The van der Waals surface area contributed by atoms with Gasteiger partial charge in [0, 0.05) is 37.7 Å². The smallest absolute Gasteiger partial charge is 0.410 e. The second-order valence-electron chi connectivity index (χ2n) is 15.2. The van der Waals surface area contributed by atoms with Crippen LogP contribution in [-0.2, 0) is 19.0 Å². The van der Waals surface area contributed by atoms with Crippen LogP contribution in [0.2, 0.25) is 0 Å². The molecule has 0 aromatic heterocycles. The van der Waals surface area contributed by atoms with Crippen LogP contribution < -0.4 is 9.47 Å². The maximum absolute atomic E-state index is 13.9. The highest BCUT2D eigenvalue weighted by molar-refractivity contribution is 6.03. The zero-order valence-corrected chi connectivity index (χ0v) is 34.4. The summed E-state index contributed by atoms with van der Waals surface area (Å²) in [6, 6.07) is 23.4. The van der Waals surface area contributed by atoms with Gasteiger partial charge in [-0.25, -0.2) is 4.79 Å². The maximum atomic E-state index is 13.9. The van der Waals surface area contributed by atoms with Gasteiger partial charge in [-0.15, -0.1) is 6.58 Å². The SMILES string of the molecule is C=CCOC12Oc3ccc(Oc4ccc(-c5ccccc5)cc4)cc3C3C(CCCCO)C(CCCCO)C=C(C(=NOCC)CC1N(CCOCCO)C(=O)OC)C32. The minimum absolute atomic E-state index is 0.0512. The van der Waals surface area contributed by atoms with Gasteiger partial charge in [0.25, 0.3) is 0 Å². The summed E-state index contributed by atoms with van der Waals surface area (Å²) < 4.78 is 31.8. The molecule has 3 N–H and O–H groups in total. The second kappa shape index (κ2) is 21.5. The molecule has 3 aliphatic rings. The number of fused-ring (bicyclic) bond motifs is 2. The first kappa shape index (κ1) is 43.8. The van der Waals surface area contributed by atoms with Crippen molar-refractivity contribution in [2.75, 3.05) is 59.9 Å². The molecule has 0 saturated heterocycles. The fourth-order valence-corrected chi connectivity index (χ4v) is 9.16. The number of oxime groups is 1. The van der Waals surface area contributed by atoms with Crippen LogP contribution in [0.25, 0.3) is 11.1 Å². The summed E-state index contributed by atoms with van der Waals surface area (Å²) in [5.41, 5.74) is 4.78. The first-order chi connectivity index (χ1) is 28.9. The van der Waals surface area contributed by atoms with E-state index < -0.39 is 23.8 Å². The molecule has 0 bridgehead atoms. The van der Waals surface area contributed by atoms with Crippen LogP contribution in [0.5, 0.6) is 17.2 Å². The number of carbonyl (C=O) groups excluding carboxylic acids is 1. The van der Waals surface area contributed by atoms with E-state index in [1.54, 1.807) is 11.0 Å². The Morgan fingerprint density at radius 2 is 1.66 bits per heavy atom. The predicted molar refractivity (Wildman–Crippen MR) is 226 cm³/mol. The van der Waals surface area contributed by atoms with Crippen LogP contribution in [0.15, 0.2) is 102 Å². The molecule has 3 aromatic rings. The standard InChI is InChI=1S/C47H60N2O10/c1-4-27-56-47-43(49(46(53)54-3)23-28-55-29-26-52)32-41(48-57-5-2)39-30-35(15-9-11-24-50)38(16-10-12-25-51)44(45(39)47)40-31-37(21-22-42(40)59-47)58-36-19-17-34(18-20-36)33-13-7-6-8-14-33/h4,6-8,13-14,17-22,30-31,35,38,43-45,50-52H,1,5,9-12,15-16,23-29,32H2,2-3H3. The Bertz CT molecular complexity index is 1870. The lowest BCUT2D eigenvalue weighted by Crippen LogP contribution is -2.70. The Labute approximate surface area is 348 Å². The number of allylic oxidation sites excluding steroid dienone is 1. The molecule has 1 heterocycles. The Morgan fingerprint density at radius 3 is 2.36 bits per heavy atom. The van der Waals surface area contributed by atoms with Crippen LogP contribution in [0.3, 0.4) is 0 Å². The molecule has 6 unspecified atom stereocenters. The van der Waals surface area contributed by atoms with Crippen molar-refractivity contribution in [3.8, 4) is 28.4 Å². The quantitative estimate of drug-likeness (QED) is 0.0520. The van der Waals surface area contributed by atoms with E-state index in [0.29, 0.717) is 42.4 Å². The number of rotatable bonds is 22. The van der Waals surface area contributed by atoms with Crippen LogP contribution in [0.1, 0.15) is 63.4 Å². The van der Waals surface area contributed by atoms with Gasteiger partial charge in [-0.1, -0.05) is 72.6 Å². The normalized spacial score (nSPS) is 23.6. The van der Waals surface area contributed by atoms with Crippen LogP contribution in [0, 0.1) is 17.8 Å². The number of ether oxygens (including phenoxy) is 5. The van der Waals surface area contributed by atoms with Gasteiger partial charge >= 0.3 is 6.09 Å². The molecule has 0 spiro atoms. The fraction of sp³-hybridized carbons (Fsp3) is 0.489. The van der Waals surface area contributed by atoms with Gasteiger partial charge in [-0.3, -0.25) is 4.90 Å². The van der Waals surface area contributed by atoms with Crippen LogP contribution >= 0.6 is 0 Å². The molecule has 0 radical (unpaired) electrons. The molecule has 6 rings (SSSR count). The first-order valence-electron chi connectivity index (χ1n) is 21.0. The summed E-state index contributed by atoms with van der Waals surface area (Å²) in [6.45, 7) is 6.77. The third kappa shape index (κ3) is 10.0. The molecule has 3 aromatic carbocycles. The number of aliphatic hydroxyl groups excluding tert-OH is 3. The van der Waals surface area contributed by atoms with E-state index >= 15 is 0 Å². The van der Waals surface area contributed by atoms with Crippen molar-refractivity contribution in [1.29, 1.82) is 0 Å². The van der Waals surface area contributed by atoms with Gasteiger partial charge < -0.3 is 43.8 Å². The van der Waals surface area contributed by atoms with Crippen LogP contribution in [-0.4, -0.2) is 104 Å². The summed E-state index contributed by atoms with van der Waals surface area (Å²) in [6.07, 6.45) is 8.22. The van der Waals surface area contributed by atoms with Gasteiger partial charge in [0.2, 0.25) is 5.79 Å².